The van der Waals surface area contributed by atoms with Crippen molar-refractivity contribution in [3.05, 3.63) is 53.3 Å². The summed E-state index contributed by atoms with van der Waals surface area (Å²) in [4.78, 5) is 12.2. The highest BCUT2D eigenvalue weighted by Crippen LogP contribution is 2.27. The minimum atomic E-state index is -1.67. The summed E-state index contributed by atoms with van der Waals surface area (Å²) >= 11 is 0. The molecule has 2 rings (SSSR count). The Balaban J connectivity index is 2.20. The van der Waals surface area contributed by atoms with Gasteiger partial charge in [0.25, 0.3) is 0 Å². The van der Waals surface area contributed by atoms with Crippen LogP contribution >= 0.6 is 0 Å². The van der Waals surface area contributed by atoms with Crippen molar-refractivity contribution in [2.75, 3.05) is 0 Å². The molecule has 1 fully saturated rings. The predicted molar refractivity (Wildman–Crippen MR) is 112 cm³/mol. The molecule has 1 aliphatic rings. The SMILES string of the molecule is CC(C)=CCC/C(=C/CC1CCCCC1=O)[Si](C)(C)c1ccccc1. The van der Waals surface area contributed by atoms with Crippen molar-refractivity contribution >= 4 is 19.0 Å². The highest BCUT2D eigenvalue weighted by atomic mass is 28.3. The number of hydrogen-bond donors (Lipinski definition) is 0. The van der Waals surface area contributed by atoms with Crippen molar-refractivity contribution < 1.29 is 4.79 Å². The molecule has 0 bridgehead atoms. The Bertz CT molecular complexity index is 621. The molecule has 0 amide bonds. The van der Waals surface area contributed by atoms with Crippen molar-refractivity contribution in [3.63, 3.8) is 0 Å². The quantitative estimate of drug-likeness (QED) is 0.436. The van der Waals surface area contributed by atoms with Gasteiger partial charge in [0.1, 0.15) is 13.9 Å². The first-order valence-electron chi connectivity index (χ1n) is 9.82. The van der Waals surface area contributed by atoms with E-state index in [1.165, 1.54) is 17.2 Å². The average molecular weight is 355 g/mol. The minimum absolute atomic E-state index is 0.271. The molecule has 1 aromatic rings. The lowest BCUT2D eigenvalue weighted by atomic mass is 9.85. The second-order valence-electron chi connectivity index (χ2n) is 8.19. The monoisotopic (exact) mass is 354 g/mol. The normalized spacial score (nSPS) is 19.0. The zero-order valence-corrected chi connectivity index (χ0v) is 17.5. The Morgan fingerprint density at radius 2 is 1.84 bits per heavy atom. The molecule has 1 atom stereocenters. The van der Waals surface area contributed by atoms with Gasteiger partial charge >= 0.3 is 0 Å². The van der Waals surface area contributed by atoms with Gasteiger partial charge < -0.3 is 0 Å². The number of hydrogen-bond acceptors (Lipinski definition) is 1. The molecule has 1 nitrogen and oxygen atoms in total. The summed E-state index contributed by atoms with van der Waals surface area (Å²) in [7, 11) is -1.67. The van der Waals surface area contributed by atoms with Crippen LogP contribution < -0.4 is 5.19 Å². The summed E-state index contributed by atoms with van der Waals surface area (Å²) in [6.07, 6.45) is 12.2. The molecule has 1 saturated carbocycles. The van der Waals surface area contributed by atoms with E-state index in [1.54, 1.807) is 5.20 Å². The molecule has 136 valence electrons. The Hall–Kier alpha value is -1.41. The third-order valence-corrected chi connectivity index (χ3v) is 9.43. The van der Waals surface area contributed by atoms with E-state index in [1.807, 2.05) is 0 Å². The predicted octanol–water partition coefficient (Wildman–Crippen LogP) is 5.96. The molecule has 1 unspecified atom stereocenters. The number of carbonyl (C=O) groups is 1. The summed E-state index contributed by atoms with van der Waals surface area (Å²) < 4.78 is 0. The highest BCUT2D eigenvalue weighted by molar-refractivity contribution is 6.95. The number of carbonyl (C=O) groups excluding carboxylic acids is 1. The smallest absolute Gasteiger partial charge is 0.136 e. The summed E-state index contributed by atoms with van der Waals surface area (Å²) in [6.45, 7) is 9.26. The van der Waals surface area contributed by atoms with E-state index in [0.717, 1.165) is 38.5 Å². The lowest BCUT2D eigenvalue weighted by molar-refractivity contribution is -0.124. The summed E-state index contributed by atoms with van der Waals surface area (Å²) in [6, 6.07) is 11.0. The number of benzene rings is 1. The van der Waals surface area contributed by atoms with Crippen LogP contribution in [0.15, 0.2) is 53.3 Å². The van der Waals surface area contributed by atoms with Crippen molar-refractivity contribution in [3.8, 4) is 0 Å². The third-order valence-electron chi connectivity index (χ3n) is 5.59. The van der Waals surface area contributed by atoms with Gasteiger partial charge in [0.05, 0.1) is 0 Å². The van der Waals surface area contributed by atoms with Crippen LogP contribution in [0.2, 0.25) is 13.1 Å². The molecular weight excluding hydrogens is 320 g/mol. The second-order valence-corrected chi connectivity index (χ2v) is 12.7. The number of rotatable bonds is 7. The maximum Gasteiger partial charge on any atom is 0.136 e. The summed E-state index contributed by atoms with van der Waals surface area (Å²) in [5, 5.41) is 3.10. The van der Waals surface area contributed by atoms with Crippen molar-refractivity contribution in [2.45, 2.75) is 71.9 Å². The molecule has 0 aliphatic heterocycles. The molecule has 0 spiro atoms. The minimum Gasteiger partial charge on any atom is -0.299 e. The third kappa shape index (κ3) is 5.81. The fourth-order valence-corrected chi connectivity index (χ4v) is 6.61. The zero-order chi connectivity index (χ0) is 18.3. The van der Waals surface area contributed by atoms with Gasteiger partial charge in [0.15, 0.2) is 0 Å². The fraction of sp³-hybridized carbons (Fsp3) is 0.522. The van der Waals surface area contributed by atoms with E-state index in [2.05, 4.69) is 69.4 Å². The second kappa shape index (κ2) is 9.33. The first-order valence-corrected chi connectivity index (χ1v) is 12.8. The maximum absolute atomic E-state index is 12.2. The van der Waals surface area contributed by atoms with Crippen LogP contribution in [0.3, 0.4) is 0 Å². The van der Waals surface area contributed by atoms with E-state index < -0.39 is 8.07 Å². The number of Topliss-reactive ketones (excluding diaryl/α,β-unsaturated/α-hetero) is 1. The molecule has 0 aromatic heterocycles. The van der Waals surface area contributed by atoms with Crippen molar-refractivity contribution in [1.29, 1.82) is 0 Å². The van der Waals surface area contributed by atoms with Crippen LogP contribution in [0.1, 0.15) is 58.8 Å². The maximum atomic E-state index is 12.2. The van der Waals surface area contributed by atoms with Crippen molar-refractivity contribution in [2.24, 2.45) is 5.92 Å². The molecule has 0 saturated heterocycles. The van der Waals surface area contributed by atoms with Gasteiger partial charge in [-0.3, -0.25) is 4.79 Å². The van der Waals surface area contributed by atoms with Crippen molar-refractivity contribution in [1.82, 2.24) is 0 Å². The topological polar surface area (TPSA) is 17.1 Å². The Labute approximate surface area is 155 Å². The van der Waals surface area contributed by atoms with Gasteiger partial charge in [0, 0.05) is 12.3 Å². The largest absolute Gasteiger partial charge is 0.299 e. The molecular formula is C23H34OSi. The van der Waals surface area contributed by atoms with Gasteiger partial charge in [-0.05, 0) is 46.0 Å². The fourth-order valence-electron chi connectivity index (χ4n) is 3.82. The van der Waals surface area contributed by atoms with E-state index in [0.29, 0.717) is 5.78 Å². The van der Waals surface area contributed by atoms with Gasteiger partial charge in [-0.2, -0.15) is 0 Å². The first kappa shape index (κ1) is 19.9. The van der Waals surface area contributed by atoms with E-state index in [-0.39, 0.29) is 5.92 Å². The van der Waals surface area contributed by atoms with Gasteiger partial charge in [-0.25, -0.2) is 0 Å². The molecule has 25 heavy (non-hydrogen) atoms. The van der Waals surface area contributed by atoms with Crippen LogP contribution in [-0.2, 0) is 4.79 Å². The van der Waals surface area contributed by atoms with Gasteiger partial charge in [-0.15, -0.1) is 0 Å². The van der Waals surface area contributed by atoms with E-state index >= 15 is 0 Å². The Morgan fingerprint density at radius 3 is 2.48 bits per heavy atom. The van der Waals surface area contributed by atoms with Crippen LogP contribution in [0.25, 0.3) is 0 Å². The highest BCUT2D eigenvalue weighted by Gasteiger charge is 2.28. The summed E-state index contributed by atoms with van der Waals surface area (Å²) in [5.74, 6) is 0.762. The molecule has 1 aromatic carbocycles. The van der Waals surface area contributed by atoms with Crippen LogP contribution in [0.5, 0.6) is 0 Å². The molecule has 0 N–H and O–H groups in total. The van der Waals surface area contributed by atoms with Crippen LogP contribution in [-0.4, -0.2) is 13.9 Å². The number of allylic oxidation sites excluding steroid dienone is 4. The molecule has 2 heteroatoms. The molecule has 0 heterocycles. The zero-order valence-electron chi connectivity index (χ0n) is 16.5. The first-order chi connectivity index (χ1) is 11.9. The Kier molecular flexibility index (Phi) is 7.43. The summed E-state index contributed by atoms with van der Waals surface area (Å²) in [5.41, 5.74) is 1.39. The Morgan fingerprint density at radius 1 is 1.12 bits per heavy atom. The van der Waals surface area contributed by atoms with E-state index in [4.69, 9.17) is 0 Å². The number of ketones is 1. The van der Waals surface area contributed by atoms with Crippen LogP contribution in [0, 0.1) is 5.92 Å². The van der Waals surface area contributed by atoms with Crippen LogP contribution in [0.4, 0.5) is 0 Å². The van der Waals surface area contributed by atoms with E-state index in [9.17, 15) is 4.79 Å². The molecule has 1 aliphatic carbocycles. The average Bonchev–Trinajstić information content (AvgIpc) is 2.59. The molecule has 0 radical (unpaired) electrons. The lowest BCUT2D eigenvalue weighted by Gasteiger charge is -2.28. The lowest BCUT2D eigenvalue weighted by Crippen LogP contribution is -2.43. The standard InChI is InChI=1S/C23H34OSi/c1-19(2)11-10-15-22(18-17-20-12-8-9-16-23(20)24)25(3,4)21-13-6-5-7-14-21/h5-7,11,13-14,18,20H,8-10,12,15-17H2,1-4H3/b22-18-. The van der Waals surface area contributed by atoms with Gasteiger partial charge in [-0.1, -0.05) is 78.0 Å². The van der Waals surface area contributed by atoms with Gasteiger partial charge in [0.2, 0.25) is 0 Å².